The molecular weight excluding hydrogens is 577 g/mol. The van der Waals surface area contributed by atoms with Gasteiger partial charge in [-0.15, -0.1) is 0 Å². The third-order valence-electron chi connectivity index (χ3n) is 5.74. The molecule has 37 heavy (non-hydrogen) atoms. The lowest BCUT2D eigenvalue weighted by atomic mass is 10.0. The third kappa shape index (κ3) is 6.09. The summed E-state index contributed by atoms with van der Waals surface area (Å²) in [5, 5.41) is 0. The van der Waals surface area contributed by atoms with Crippen LogP contribution >= 0.6 is 22.6 Å². The van der Waals surface area contributed by atoms with Crippen molar-refractivity contribution in [1.82, 2.24) is 0 Å². The molecule has 0 unspecified atom stereocenters. The third-order valence-corrected chi connectivity index (χ3v) is 6.46. The summed E-state index contributed by atoms with van der Waals surface area (Å²) in [7, 11) is 0. The van der Waals surface area contributed by atoms with Gasteiger partial charge in [-0.25, -0.2) is 9.79 Å². The topological polar surface area (TPSA) is 57.1 Å². The van der Waals surface area contributed by atoms with E-state index in [-0.39, 0.29) is 5.70 Å². The van der Waals surface area contributed by atoms with Gasteiger partial charge < -0.3 is 14.2 Å². The van der Waals surface area contributed by atoms with Gasteiger partial charge >= 0.3 is 5.97 Å². The zero-order valence-corrected chi connectivity index (χ0v) is 22.3. The highest BCUT2D eigenvalue weighted by molar-refractivity contribution is 14.1. The summed E-state index contributed by atoms with van der Waals surface area (Å²) in [5.74, 6) is 1.05. The minimum absolute atomic E-state index is 0.233. The molecule has 0 aromatic heterocycles. The average molecular weight is 601 g/mol. The van der Waals surface area contributed by atoms with Gasteiger partial charge in [-0.2, -0.15) is 0 Å². The van der Waals surface area contributed by atoms with E-state index in [2.05, 4.69) is 39.7 Å². The molecule has 0 fully saturated rings. The number of rotatable bonds is 8. The Morgan fingerprint density at radius 2 is 1.51 bits per heavy atom. The lowest BCUT2D eigenvalue weighted by Crippen LogP contribution is -2.05. The van der Waals surface area contributed by atoms with Crippen molar-refractivity contribution in [3.63, 3.8) is 0 Å². The molecule has 1 aliphatic rings. The maximum atomic E-state index is 12.6. The summed E-state index contributed by atoms with van der Waals surface area (Å²) >= 11 is 2.28. The highest BCUT2D eigenvalue weighted by Gasteiger charge is 2.24. The van der Waals surface area contributed by atoms with Crippen LogP contribution in [0.25, 0.3) is 17.2 Å². The molecule has 4 aromatic rings. The highest BCUT2D eigenvalue weighted by atomic mass is 127. The molecular formula is C31H24INO4. The van der Waals surface area contributed by atoms with Gasteiger partial charge in [0.25, 0.3) is 0 Å². The maximum absolute atomic E-state index is 12.6. The van der Waals surface area contributed by atoms with Crippen LogP contribution in [0.1, 0.15) is 23.6 Å². The molecule has 0 radical (unpaired) electrons. The van der Waals surface area contributed by atoms with Crippen molar-refractivity contribution in [1.29, 1.82) is 0 Å². The van der Waals surface area contributed by atoms with Crippen molar-refractivity contribution < 1.29 is 19.0 Å². The standard InChI is InChI=1S/C31H24INO4/c1-2-35-29-19-22(10-17-28(29)36-20-21-8-15-26(32)16-9-21)18-27-31(34)37-30(33-27)25-13-11-24(12-14-25)23-6-4-3-5-7-23/h3-19H,2,20H2,1H3/b27-18-. The van der Waals surface area contributed by atoms with Crippen LogP contribution in [0, 0.1) is 3.57 Å². The number of benzene rings is 4. The van der Waals surface area contributed by atoms with Crippen LogP contribution in [0.5, 0.6) is 11.5 Å². The van der Waals surface area contributed by atoms with Crippen LogP contribution in [-0.2, 0) is 16.1 Å². The van der Waals surface area contributed by atoms with E-state index in [1.807, 2.05) is 91.9 Å². The number of carbonyl (C=O) groups excluding carboxylic acids is 1. The Hall–Kier alpha value is -3.91. The molecule has 6 heteroatoms. The number of ether oxygens (including phenoxy) is 3. The fourth-order valence-corrected chi connectivity index (χ4v) is 4.23. The minimum atomic E-state index is -0.487. The first-order chi connectivity index (χ1) is 18.1. The monoisotopic (exact) mass is 601 g/mol. The Labute approximate surface area is 229 Å². The van der Waals surface area contributed by atoms with Crippen LogP contribution in [0.15, 0.2) is 108 Å². The van der Waals surface area contributed by atoms with Gasteiger partial charge in [0.1, 0.15) is 6.61 Å². The Bertz CT molecular complexity index is 1460. The van der Waals surface area contributed by atoms with Gasteiger partial charge in [0.05, 0.1) is 6.61 Å². The molecule has 1 heterocycles. The Morgan fingerprint density at radius 3 is 2.24 bits per heavy atom. The fourth-order valence-electron chi connectivity index (χ4n) is 3.87. The molecule has 0 saturated carbocycles. The van der Waals surface area contributed by atoms with Crippen molar-refractivity contribution in [2.75, 3.05) is 6.61 Å². The fraction of sp³-hybridized carbons (Fsp3) is 0.0968. The SMILES string of the molecule is CCOc1cc(/C=C2\N=C(c3ccc(-c4ccccc4)cc3)OC2=O)ccc1OCc1ccc(I)cc1. The van der Waals surface area contributed by atoms with Gasteiger partial charge in [-0.3, -0.25) is 0 Å². The quantitative estimate of drug-likeness (QED) is 0.121. The van der Waals surface area contributed by atoms with Gasteiger partial charge in [0, 0.05) is 9.13 Å². The second-order valence-electron chi connectivity index (χ2n) is 8.33. The predicted molar refractivity (Wildman–Crippen MR) is 154 cm³/mol. The first kappa shape index (κ1) is 24.8. The maximum Gasteiger partial charge on any atom is 0.363 e. The summed E-state index contributed by atoms with van der Waals surface area (Å²) in [4.78, 5) is 17.0. The summed E-state index contributed by atoms with van der Waals surface area (Å²) in [6, 6.07) is 31.6. The van der Waals surface area contributed by atoms with Crippen LogP contribution < -0.4 is 9.47 Å². The number of halogens is 1. The molecule has 5 nitrogen and oxygen atoms in total. The van der Waals surface area contributed by atoms with Crippen molar-refractivity contribution in [3.8, 4) is 22.6 Å². The number of carbonyl (C=O) groups is 1. The van der Waals surface area contributed by atoms with Crippen LogP contribution in [0.4, 0.5) is 0 Å². The largest absolute Gasteiger partial charge is 0.490 e. The van der Waals surface area contributed by atoms with Crippen molar-refractivity contribution in [3.05, 3.63) is 123 Å². The number of aliphatic imine (C=N–C) groups is 1. The van der Waals surface area contributed by atoms with E-state index in [0.717, 1.165) is 27.8 Å². The van der Waals surface area contributed by atoms with Crippen LogP contribution in [-0.4, -0.2) is 18.5 Å². The molecule has 0 aliphatic carbocycles. The normalized spacial score (nSPS) is 13.8. The predicted octanol–water partition coefficient (Wildman–Crippen LogP) is 7.28. The van der Waals surface area contributed by atoms with E-state index in [1.54, 1.807) is 6.08 Å². The summed E-state index contributed by atoms with van der Waals surface area (Å²) < 4.78 is 18.5. The summed E-state index contributed by atoms with van der Waals surface area (Å²) in [5.41, 5.74) is 5.01. The van der Waals surface area contributed by atoms with E-state index < -0.39 is 5.97 Å². The van der Waals surface area contributed by atoms with Gasteiger partial charge in [0.15, 0.2) is 17.2 Å². The van der Waals surface area contributed by atoms with Crippen molar-refractivity contribution in [2.45, 2.75) is 13.5 Å². The number of cyclic esters (lactones) is 1. The Kier molecular flexibility index (Phi) is 7.65. The average Bonchev–Trinajstić information content (AvgIpc) is 3.30. The van der Waals surface area contributed by atoms with Crippen molar-refractivity contribution in [2.24, 2.45) is 4.99 Å². The smallest absolute Gasteiger partial charge is 0.363 e. The van der Waals surface area contributed by atoms with Crippen molar-refractivity contribution >= 4 is 40.5 Å². The molecule has 0 atom stereocenters. The summed E-state index contributed by atoms with van der Waals surface area (Å²) in [6.45, 7) is 2.84. The van der Waals surface area contributed by atoms with E-state index in [9.17, 15) is 4.79 Å². The zero-order chi connectivity index (χ0) is 25.6. The lowest BCUT2D eigenvalue weighted by molar-refractivity contribution is -0.129. The Morgan fingerprint density at radius 1 is 0.811 bits per heavy atom. The molecule has 4 aromatic carbocycles. The van der Waals surface area contributed by atoms with E-state index >= 15 is 0 Å². The van der Waals surface area contributed by atoms with Gasteiger partial charge in [-0.1, -0.05) is 60.7 Å². The molecule has 0 spiro atoms. The van der Waals surface area contributed by atoms with E-state index in [1.165, 1.54) is 3.57 Å². The summed E-state index contributed by atoms with van der Waals surface area (Å²) in [6.07, 6.45) is 1.69. The molecule has 0 amide bonds. The van der Waals surface area contributed by atoms with E-state index in [0.29, 0.717) is 30.6 Å². The Balaban J connectivity index is 1.34. The molecule has 0 saturated heterocycles. The van der Waals surface area contributed by atoms with Gasteiger partial charge in [-0.05, 0) is 94.2 Å². The van der Waals surface area contributed by atoms with E-state index in [4.69, 9.17) is 14.2 Å². The number of hydrogen-bond acceptors (Lipinski definition) is 5. The van der Waals surface area contributed by atoms with Gasteiger partial charge in [0.2, 0.25) is 5.90 Å². The molecule has 5 rings (SSSR count). The number of nitrogens with zero attached hydrogens (tertiary/aromatic N) is 1. The second-order valence-corrected chi connectivity index (χ2v) is 9.58. The number of hydrogen-bond donors (Lipinski definition) is 0. The highest BCUT2D eigenvalue weighted by Crippen LogP contribution is 2.31. The number of esters is 1. The molecule has 1 aliphatic heterocycles. The first-order valence-electron chi connectivity index (χ1n) is 11.9. The zero-order valence-electron chi connectivity index (χ0n) is 20.2. The van der Waals surface area contributed by atoms with Crippen LogP contribution in [0.3, 0.4) is 0 Å². The molecule has 0 bridgehead atoms. The minimum Gasteiger partial charge on any atom is -0.490 e. The second kappa shape index (κ2) is 11.4. The lowest BCUT2D eigenvalue weighted by Gasteiger charge is -2.13. The molecule has 0 N–H and O–H groups in total. The van der Waals surface area contributed by atoms with Crippen LogP contribution in [0.2, 0.25) is 0 Å². The first-order valence-corrected chi connectivity index (χ1v) is 13.0. The molecule has 184 valence electrons.